The molecule has 1 aliphatic rings. The maximum atomic E-state index is 11.6. The molecule has 2 rings (SSSR count). The van der Waals surface area contributed by atoms with Gasteiger partial charge in [-0.25, -0.2) is 4.98 Å². The van der Waals surface area contributed by atoms with Gasteiger partial charge in [-0.2, -0.15) is 0 Å². The van der Waals surface area contributed by atoms with Gasteiger partial charge in [-0.15, -0.1) is 11.3 Å². The standard InChI is InChI=1S/C12H15N3O4S/c1-19-10(17)5-2-7-6-20-12(13-7)14-8-3-4-9(16)15-11(8)18/h6,8H,2-5H2,1H3,(H,13,14)(H,15,16,18). The van der Waals surface area contributed by atoms with E-state index in [2.05, 4.69) is 20.4 Å². The fraction of sp³-hybridized carbons (Fsp3) is 0.500. The van der Waals surface area contributed by atoms with Gasteiger partial charge in [-0.05, 0) is 6.42 Å². The van der Waals surface area contributed by atoms with Gasteiger partial charge in [0.25, 0.3) is 0 Å². The molecule has 0 saturated carbocycles. The predicted octanol–water partition coefficient (Wildman–Crippen LogP) is 0.466. The quantitative estimate of drug-likeness (QED) is 0.605. The van der Waals surface area contributed by atoms with Crippen molar-refractivity contribution >= 4 is 34.3 Å². The number of ether oxygens (including phenoxy) is 1. The van der Waals surface area contributed by atoms with Crippen LogP contribution in [0.2, 0.25) is 0 Å². The number of esters is 1. The summed E-state index contributed by atoms with van der Waals surface area (Å²) in [6.07, 6.45) is 1.56. The van der Waals surface area contributed by atoms with Gasteiger partial charge >= 0.3 is 5.97 Å². The number of piperidine rings is 1. The van der Waals surface area contributed by atoms with Crippen molar-refractivity contribution in [1.29, 1.82) is 0 Å². The third-order valence-corrected chi connectivity index (χ3v) is 3.72. The highest BCUT2D eigenvalue weighted by atomic mass is 32.1. The second kappa shape index (κ2) is 6.47. The lowest BCUT2D eigenvalue weighted by molar-refractivity contribution is -0.140. The van der Waals surface area contributed by atoms with E-state index in [4.69, 9.17) is 0 Å². The fourth-order valence-electron chi connectivity index (χ4n) is 1.80. The number of aromatic nitrogens is 1. The average molecular weight is 297 g/mol. The first-order valence-corrected chi connectivity index (χ1v) is 7.08. The normalized spacial score (nSPS) is 18.6. The van der Waals surface area contributed by atoms with Crippen LogP contribution in [0.25, 0.3) is 0 Å². The number of hydrogen-bond acceptors (Lipinski definition) is 7. The van der Waals surface area contributed by atoms with Crippen LogP contribution in [0.4, 0.5) is 5.13 Å². The van der Waals surface area contributed by atoms with Crippen molar-refractivity contribution < 1.29 is 19.1 Å². The molecule has 2 amide bonds. The fourth-order valence-corrected chi connectivity index (χ4v) is 2.60. The van der Waals surface area contributed by atoms with E-state index in [1.807, 2.05) is 5.38 Å². The summed E-state index contributed by atoms with van der Waals surface area (Å²) in [6.45, 7) is 0. The van der Waals surface area contributed by atoms with E-state index in [1.54, 1.807) is 0 Å². The minimum absolute atomic E-state index is 0.244. The molecule has 20 heavy (non-hydrogen) atoms. The lowest BCUT2D eigenvalue weighted by atomic mass is 10.1. The Balaban J connectivity index is 1.88. The molecule has 7 nitrogen and oxygen atoms in total. The molecule has 108 valence electrons. The van der Waals surface area contributed by atoms with Crippen LogP contribution in [0.1, 0.15) is 25.0 Å². The van der Waals surface area contributed by atoms with Gasteiger partial charge in [0.2, 0.25) is 11.8 Å². The summed E-state index contributed by atoms with van der Waals surface area (Å²) < 4.78 is 4.56. The highest BCUT2D eigenvalue weighted by Crippen LogP contribution is 2.19. The molecular formula is C12H15N3O4S. The first-order valence-electron chi connectivity index (χ1n) is 6.20. The highest BCUT2D eigenvalue weighted by molar-refractivity contribution is 7.13. The monoisotopic (exact) mass is 297 g/mol. The number of methoxy groups -OCH3 is 1. The second-order valence-electron chi connectivity index (χ2n) is 4.37. The van der Waals surface area contributed by atoms with Crippen molar-refractivity contribution in [3.05, 3.63) is 11.1 Å². The number of nitrogens with zero attached hydrogens (tertiary/aromatic N) is 1. The first kappa shape index (κ1) is 14.4. The van der Waals surface area contributed by atoms with Crippen LogP contribution < -0.4 is 10.6 Å². The van der Waals surface area contributed by atoms with Gasteiger partial charge in [0.05, 0.1) is 19.2 Å². The van der Waals surface area contributed by atoms with Crippen LogP contribution in [-0.2, 0) is 25.5 Å². The predicted molar refractivity (Wildman–Crippen MR) is 72.2 cm³/mol. The summed E-state index contributed by atoms with van der Waals surface area (Å²) in [7, 11) is 1.35. The van der Waals surface area contributed by atoms with Crippen LogP contribution in [-0.4, -0.2) is 35.9 Å². The number of hydrogen-bond donors (Lipinski definition) is 2. The number of carbonyl (C=O) groups is 3. The van der Waals surface area contributed by atoms with E-state index >= 15 is 0 Å². The van der Waals surface area contributed by atoms with Crippen LogP contribution in [0.5, 0.6) is 0 Å². The molecule has 1 aromatic heterocycles. The zero-order valence-corrected chi connectivity index (χ0v) is 11.8. The maximum Gasteiger partial charge on any atom is 0.305 e. The molecule has 1 aromatic rings. The summed E-state index contributed by atoms with van der Waals surface area (Å²) in [6, 6.07) is -0.438. The number of thiazole rings is 1. The lowest BCUT2D eigenvalue weighted by Gasteiger charge is -2.21. The SMILES string of the molecule is COC(=O)CCc1csc(NC2CCC(=O)NC2=O)n1. The van der Waals surface area contributed by atoms with Gasteiger partial charge in [0, 0.05) is 18.2 Å². The Morgan fingerprint density at radius 1 is 1.60 bits per heavy atom. The molecule has 8 heteroatoms. The number of carbonyl (C=O) groups excluding carboxylic acids is 3. The number of amides is 2. The first-order chi connectivity index (χ1) is 9.58. The number of imide groups is 1. The molecule has 2 N–H and O–H groups in total. The molecule has 0 radical (unpaired) electrons. The van der Waals surface area contributed by atoms with Crippen molar-refractivity contribution in [3.63, 3.8) is 0 Å². The Kier molecular flexibility index (Phi) is 4.67. The molecule has 1 atom stereocenters. The summed E-state index contributed by atoms with van der Waals surface area (Å²) >= 11 is 1.37. The van der Waals surface area contributed by atoms with Crippen molar-refractivity contribution in [3.8, 4) is 0 Å². The van der Waals surface area contributed by atoms with Crippen molar-refractivity contribution in [2.45, 2.75) is 31.7 Å². The van der Waals surface area contributed by atoms with Crippen LogP contribution >= 0.6 is 11.3 Å². The van der Waals surface area contributed by atoms with Gasteiger partial charge in [0.1, 0.15) is 6.04 Å². The Bertz CT molecular complexity index is 529. The Hall–Kier alpha value is -1.96. The summed E-state index contributed by atoms with van der Waals surface area (Å²) in [5, 5.41) is 7.72. The van der Waals surface area contributed by atoms with E-state index < -0.39 is 6.04 Å². The van der Waals surface area contributed by atoms with Crippen LogP contribution in [0.15, 0.2) is 5.38 Å². The highest BCUT2D eigenvalue weighted by Gasteiger charge is 2.26. The van der Waals surface area contributed by atoms with E-state index in [1.165, 1.54) is 18.4 Å². The Morgan fingerprint density at radius 2 is 2.40 bits per heavy atom. The second-order valence-corrected chi connectivity index (χ2v) is 5.23. The molecule has 1 saturated heterocycles. The average Bonchev–Trinajstić information content (AvgIpc) is 2.87. The summed E-state index contributed by atoms with van der Waals surface area (Å²) in [5.74, 6) is -0.851. The summed E-state index contributed by atoms with van der Waals surface area (Å²) in [5.41, 5.74) is 0.773. The zero-order chi connectivity index (χ0) is 14.5. The van der Waals surface area contributed by atoms with E-state index in [0.29, 0.717) is 24.4 Å². The van der Waals surface area contributed by atoms with Gasteiger partial charge in [-0.1, -0.05) is 0 Å². The molecule has 0 spiro atoms. The molecule has 0 aliphatic carbocycles. The van der Waals surface area contributed by atoms with Crippen molar-refractivity contribution in [2.75, 3.05) is 12.4 Å². The third kappa shape index (κ3) is 3.77. The minimum atomic E-state index is -0.438. The minimum Gasteiger partial charge on any atom is -0.469 e. The smallest absolute Gasteiger partial charge is 0.305 e. The van der Waals surface area contributed by atoms with Crippen molar-refractivity contribution in [2.24, 2.45) is 0 Å². The Labute approximate surface area is 119 Å². The molecular weight excluding hydrogens is 282 g/mol. The maximum absolute atomic E-state index is 11.6. The largest absolute Gasteiger partial charge is 0.469 e. The number of nitrogens with one attached hydrogen (secondary N) is 2. The van der Waals surface area contributed by atoms with Crippen molar-refractivity contribution in [1.82, 2.24) is 10.3 Å². The van der Waals surface area contributed by atoms with Crippen LogP contribution in [0.3, 0.4) is 0 Å². The van der Waals surface area contributed by atoms with E-state index in [0.717, 1.165) is 5.69 Å². The van der Waals surface area contributed by atoms with E-state index in [9.17, 15) is 14.4 Å². The zero-order valence-electron chi connectivity index (χ0n) is 11.0. The molecule has 0 bridgehead atoms. The molecule has 2 heterocycles. The lowest BCUT2D eigenvalue weighted by Crippen LogP contribution is -2.47. The molecule has 1 unspecified atom stereocenters. The number of aryl methyl sites for hydroxylation is 1. The van der Waals surface area contributed by atoms with E-state index in [-0.39, 0.29) is 24.2 Å². The van der Waals surface area contributed by atoms with Crippen LogP contribution in [0, 0.1) is 0 Å². The van der Waals surface area contributed by atoms with Gasteiger partial charge in [0.15, 0.2) is 5.13 Å². The molecule has 1 aliphatic heterocycles. The number of rotatable bonds is 5. The molecule has 0 aromatic carbocycles. The molecule has 1 fully saturated rings. The van der Waals surface area contributed by atoms with Gasteiger partial charge in [-0.3, -0.25) is 19.7 Å². The summed E-state index contributed by atoms with van der Waals surface area (Å²) in [4.78, 5) is 38.0. The number of anilines is 1. The van der Waals surface area contributed by atoms with Gasteiger partial charge < -0.3 is 10.1 Å². The topological polar surface area (TPSA) is 97.4 Å². The Morgan fingerprint density at radius 3 is 3.10 bits per heavy atom. The third-order valence-electron chi connectivity index (χ3n) is 2.90.